The van der Waals surface area contributed by atoms with Crippen LogP contribution in [0.15, 0.2) is 22.7 Å². The van der Waals surface area contributed by atoms with Crippen LogP contribution in [0.25, 0.3) is 0 Å². The highest BCUT2D eigenvalue weighted by atomic mass is 79.9. The number of thioether (sulfide) groups is 1. The quantitative estimate of drug-likeness (QED) is 0.849. The van der Waals surface area contributed by atoms with Gasteiger partial charge in [0.15, 0.2) is 0 Å². The van der Waals surface area contributed by atoms with Gasteiger partial charge in [0.2, 0.25) is 0 Å². The van der Waals surface area contributed by atoms with E-state index < -0.39 is 0 Å². The first-order valence-corrected chi connectivity index (χ1v) is 6.74. The second kappa shape index (κ2) is 4.44. The van der Waals surface area contributed by atoms with Gasteiger partial charge in [-0.3, -0.25) is 5.32 Å². The van der Waals surface area contributed by atoms with E-state index in [1.807, 2.05) is 13.0 Å². The Morgan fingerprint density at radius 1 is 1.53 bits per heavy atom. The Balaban J connectivity index is 2.38. The predicted molar refractivity (Wildman–Crippen MR) is 66.5 cm³/mol. The predicted octanol–water partition coefficient (Wildman–Crippen LogP) is 3.49. The van der Waals surface area contributed by atoms with Gasteiger partial charge < -0.3 is 0 Å². The molecule has 0 aliphatic carbocycles. The normalized spacial score (nSPS) is 26.6. The lowest BCUT2D eigenvalue weighted by Crippen LogP contribution is -2.41. The molecule has 82 valence electrons. The third-order valence-corrected chi connectivity index (χ3v) is 4.54. The molecule has 1 aliphatic heterocycles. The highest BCUT2D eigenvalue weighted by molar-refractivity contribution is 9.10. The van der Waals surface area contributed by atoms with Crippen LogP contribution in [0.5, 0.6) is 0 Å². The van der Waals surface area contributed by atoms with Crippen molar-refractivity contribution in [2.75, 3.05) is 12.3 Å². The summed E-state index contributed by atoms with van der Waals surface area (Å²) in [6, 6.07) is 5.11. The van der Waals surface area contributed by atoms with Crippen molar-refractivity contribution in [3.05, 3.63) is 34.1 Å². The minimum absolute atomic E-state index is 0.136. The zero-order chi connectivity index (χ0) is 10.9. The van der Waals surface area contributed by atoms with Crippen LogP contribution in [0.1, 0.15) is 18.9 Å². The zero-order valence-corrected chi connectivity index (χ0v) is 10.9. The van der Waals surface area contributed by atoms with Crippen LogP contribution in [-0.4, -0.2) is 12.3 Å². The number of hydrogen-bond donors (Lipinski definition) is 1. The summed E-state index contributed by atoms with van der Waals surface area (Å²) in [7, 11) is 0. The van der Waals surface area contributed by atoms with Crippen molar-refractivity contribution in [3.8, 4) is 0 Å². The zero-order valence-electron chi connectivity index (χ0n) is 8.52. The molecule has 1 aromatic carbocycles. The summed E-state index contributed by atoms with van der Waals surface area (Å²) in [5, 5.41) is 3.38. The lowest BCUT2D eigenvalue weighted by molar-refractivity contribution is 0.476. The first-order valence-electron chi connectivity index (χ1n) is 4.96. The van der Waals surface area contributed by atoms with E-state index in [0.29, 0.717) is 0 Å². The smallest absolute Gasteiger partial charge is 0.129 e. The van der Waals surface area contributed by atoms with Gasteiger partial charge in [-0.05, 0) is 43.8 Å². The van der Waals surface area contributed by atoms with Gasteiger partial charge in [-0.2, -0.15) is 0 Å². The lowest BCUT2D eigenvalue weighted by atomic mass is 10.1. The third kappa shape index (κ3) is 2.37. The summed E-state index contributed by atoms with van der Waals surface area (Å²) in [6.45, 7) is 3.00. The average molecular weight is 290 g/mol. The molecule has 0 spiro atoms. The van der Waals surface area contributed by atoms with Crippen molar-refractivity contribution < 1.29 is 4.39 Å². The van der Waals surface area contributed by atoms with Crippen LogP contribution in [0.2, 0.25) is 0 Å². The largest absolute Gasteiger partial charge is 0.299 e. The molecule has 15 heavy (non-hydrogen) atoms. The van der Waals surface area contributed by atoms with Crippen molar-refractivity contribution in [1.82, 2.24) is 5.32 Å². The molecule has 1 aliphatic rings. The van der Waals surface area contributed by atoms with E-state index in [2.05, 4.69) is 21.2 Å². The standard InChI is InChI=1S/C11H13BrFNS/c1-11(14-5-2-6-15-11)9-7-8(12)3-4-10(9)13/h3-4,7,14H,2,5-6H2,1H3. The van der Waals surface area contributed by atoms with Gasteiger partial charge >= 0.3 is 0 Å². The fourth-order valence-electron chi connectivity index (χ4n) is 1.76. The van der Waals surface area contributed by atoms with Crippen LogP contribution in [0.3, 0.4) is 0 Å². The summed E-state index contributed by atoms with van der Waals surface area (Å²) in [5.41, 5.74) is 0.738. The second-order valence-corrected chi connectivity index (χ2v) is 6.22. The molecule has 1 N–H and O–H groups in total. The molecule has 4 heteroatoms. The molecule has 0 bridgehead atoms. The first kappa shape index (κ1) is 11.4. The maximum absolute atomic E-state index is 13.7. The third-order valence-electron chi connectivity index (χ3n) is 2.62. The van der Waals surface area contributed by atoms with Gasteiger partial charge in [0.1, 0.15) is 5.82 Å². The molecule has 1 atom stereocenters. The molecule has 2 rings (SSSR count). The van der Waals surface area contributed by atoms with E-state index in [9.17, 15) is 4.39 Å². The van der Waals surface area contributed by atoms with E-state index in [1.165, 1.54) is 6.07 Å². The van der Waals surface area contributed by atoms with Crippen molar-refractivity contribution in [2.45, 2.75) is 18.2 Å². The minimum atomic E-state index is -0.286. The molecular formula is C11H13BrFNS. The van der Waals surface area contributed by atoms with Gasteiger partial charge in [0.05, 0.1) is 4.87 Å². The molecule has 0 radical (unpaired) electrons. The summed E-state index contributed by atoms with van der Waals surface area (Å²) in [6.07, 6.45) is 1.15. The Morgan fingerprint density at radius 2 is 2.33 bits per heavy atom. The van der Waals surface area contributed by atoms with Gasteiger partial charge in [-0.15, -0.1) is 11.8 Å². The van der Waals surface area contributed by atoms with E-state index >= 15 is 0 Å². The SMILES string of the molecule is CC1(c2cc(Br)ccc2F)NCCCS1. The van der Waals surface area contributed by atoms with Gasteiger partial charge in [-0.25, -0.2) is 4.39 Å². The van der Waals surface area contributed by atoms with Crippen LogP contribution >= 0.6 is 27.7 Å². The van der Waals surface area contributed by atoms with Crippen molar-refractivity contribution in [1.29, 1.82) is 0 Å². The topological polar surface area (TPSA) is 12.0 Å². The Bertz CT molecular complexity index is 364. The van der Waals surface area contributed by atoms with Gasteiger partial charge in [0.25, 0.3) is 0 Å². The summed E-state index contributed by atoms with van der Waals surface area (Å²) < 4.78 is 14.6. The second-order valence-electron chi connectivity index (χ2n) is 3.79. The molecule has 1 nitrogen and oxygen atoms in total. The highest BCUT2D eigenvalue weighted by Gasteiger charge is 2.31. The maximum atomic E-state index is 13.7. The molecule has 0 saturated carbocycles. The molecule has 1 unspecified atom stereocenters. The number of halogens is 2. The monoisotopic (exact) mass is 289 g/mol. The van der Waals surface area contributed by atoms with Crippen LogP contribution in [-0.2, 0) is 4.87 Å². The molecule has 1 saturated heterocycles. The molecule has 1 heterocycles. The summed E-state index contributed by atoms with van der Waals surface area (Å²) in [5.74, 6) is 0.942. The maximum Gasteiger partial charge on any atom is 0.129 e. The van der Waals surface area contributed by atoms with E-state index in [4.69, 9.17) is 0 Å². The number of hydrogen-bond acceptors (Lipinski definition) is 2. The van der Waals surface area contributed by atoms with E-state index in [0.717, 1.165) is 28.8 Å². The number of nitrogens with one attached hydrogen (secondary N) is 1. The van der Waals surface area contributed by atoms with Crippen LogP contribution < -0.4 is 5.32 Å². The number of rotatable bonds is 1. The number of benzene rings is 1. The van der Waals surface area contributed by atoms with Crippen molar-refractivity contribution in [2.24, 2.45) is 0 Å². The van der Waals surface area contributed by atoms with Crippen LogP contribution in [0, 0.1) is 5.82 Å². The Labute approximate surface area is 102 Å². The van der Waals surface area contributed by atoms with Crippen molar-refractivity contribution in [3.63, 3.8) is 0 Å². The molecule has 0 amide bonds. The molecule has 1 aromatic rings. The van der Waals surface area contributed by atoms with E-state index in [-0.39, 0.29) is 10.7 Å². The Hall–Kier alpha value is -0.0600. The van der Waals surface area contributed by atoms with Crippen molar-refractivity contribution >= 4 is 27.7 Å². The van der Waals surface area contributed by atoms with Crippen LogP contribution in [0.4, 0.5) is 4.39 Å². The van der Waals surface area contributed by atoms with Gasteiger partial charge in [-0.1, -0.05) is 15.9 Å². The molecule has 1 fully saturated rings. The first-order chi connectivity index (χ1) is 7.12. The lowest BCUT2D eigenvalue weighted by Gasteiger charge is -2.35. The van der Waals surface area contributed by atoms with Gasteiger partial charge in [0, 0.05) is 10.0 Å². The summed E-state index contributed by atoms with van der Waals surface area (Å²) >= 11 is 5.15. The van der Waals surface area contributed by atoms with E-state index in [1.54, 1.807) is 17.8 Å². The fraction of sp³-hybridized carbons (Fsp3) is 0.455. The minimum Gasteiger partial charge on any atom is -0.299 e. The Kier molecular flexibility index (Phi) is 3.38. The summed E-state index contributed by atoms with van der Waals surface area (Å²) in [4.78, 5) is -0.286. The average Bonchev–Trinajstić information content (AvgIpc) is 2.23. The molecule has 0 aromatic heterocycles. The fourth-order valence-corrected chi connectivity index (χ4v) is 3.34. The molecular weight excluding hydrogens is 277 g/mol. The Morgan fingerprint density at radius 3 is 3.00 bits per heavy atom. The highest BCUT2D eigenvalue weighted by Crippen LogP contribution is 2.38.